The average Bonchev–Trinajstić information content (AvgIpc) is 2.20. The van der Waals surface area contributed by atoms with Crippen LogP contribution in [0.2, 0.25) is 5.02 Å². The van der Waals surface area contributed by atoms with Crippen LogP contribution < -0.4 is 4.74 Å². The molecule has 0 spiro atoms. The molecule has 0 fully saturated rings. The lowest BCUT2D eigenvalue weighted by atomic mass is 10.2. The van der Waals surface area contributed by atoms with Gasteiger partial charge in [-0.1, -0.05) is 11.6 Å². The van der Waals surface area contributed by atoms with Crippen molar-refractivity contribution in [2.24, 2.45) is 0 Å². The van der Waals surface area contributed by atoms with E-state index in [0.29, 0.717) is 0 Å². The van der Waals surface area contributed by atoms with Crippen LogP contribution in [0.25, 0.3) is 0 Å². The van der Waals surface area contributed by atoms with E-state index in [1.165, 1.54) is 0 Å². The van der Waals surface area contributed by atoms with E-state index in [1.54, 1.807) is 0 Å². The first-order chi connectivity index (χ1) is 7.82. The third kappa shape index (κ3) is 3.04. The standard InChI is InChI=1S/C9H7ClFNO5/c1-4(9(13)14)17-8-6(11)2-5(10)3-7(8)12(15)16/h2-4H,1H3,(H,13,14). The molecular weight excluding hydrogens is 257 g/mol. The highest BCUT2D eigenvalue weighted by Crippen LogP contribution is 2.33. The number of nitro benzene ring substituents is 1. The number of rotatable bonds is 4. The van der Waals surface area contributed by atoms with E-state index in [4.69, 9.17) is 16.7 Å². The molecule has 92 valence electrons. The van der Waals surface area contributed by atoms with Gasteiger partial charge in [0.25, 0.3) is 0 Å². The molecule has 1 aromatic carbocycles. The smallest absolute Gasteiger partial charge is 0.344 e. The summed E-state index contributed by atoms with van der Waals surface area (Å²) in [6.07, 6.45) is -1.41. The van der Waals surface area contributed by atoms with Crippen molar-refractivity contribution in [2.45, 2.75) is 13.0 Å². The summed E-state index contributed by atoms with van der Waals surface area (Å²) in [5.41, 5.74) is -0.719. The summed E-state index contributed by atoms with van der Waals surface area (Å²) in [5, 5.41) is 19.0. The predicted octanol–water partition coefficient (Wildman–Crippen LogP) is 2.24. The van der Waals surface area contributed by atoms with Crippen molar-refractivity contribution in [3.63, 3.8) is 0 Å². The molecule has 17 heavy (non-hydrogen) atoms. The Kier molecular flexibility index (Phi) is 3.84. The number of carboxylic acids is 1. The van der Waals surface area contributed by atoms with Crippen molar-refractivity contribution >= 4 is 23.3 Å². The molecule has 0 aliphatic carbocycles. The lowest BCUT2D eigenvalue weighted by Gasteiger charge is -2.11. The van der Waals surface area contributed by atoms with Crippen LogP contribution in [0, 0.1) is 15.9 Å². The fourth-order valence-electron chi connectivity index (χ4n) is 1.03. The third-order valence-electron chi connectivity index (χ3n) is 1.83. The Bertz CT molecular complexity index is 479. The molecule has 1 atom stereocenters. The van der Waals surface area contributed by atoms with Gasteiger partial charge in [-0.25, -0.2) is 9.18 Å². The molecule has 1 unspecified atom stereocenters. The van der Waals surface area contributed by atoms with Gasteiger partial charge in [-0.15, -0.1) is 0 Å². The second-order valence-corrected chi connectivity index (χ2v) is 3.53. The SMILES string of the molecule is CC(Oc1c(F)cc(Cl)cc1[N+](=O)[O-])C(=O)O. The molecule has 0 saturated heterocycles. The molecule has 0 aliphatic heterocycles. The molecule has 1 aromatic rings. The minimum absolute atomic E-state index is 0.176. The van der Waals surface area contributed by atoms with Crippen LogP contribution in [-0.2, 0) is 4.79 Å². The zero-order chi connectivity index (χ0) is 13.2. The summed E-state index contributed by atoms with van der Waals surface area (Å²) in [4.78, 5) is 20.2. The van der Waals surface area contributed by atoms with Crippen LogP contribution in [0.5, 0.6) is 5.75 Å². The van der Waals surface area contributed by atoms with Gasteiger partial charge in [0.05, 0.1) is 9.95 Å². The number of halogens is 2. The van der Waals surface area contributed by atoms with Crippen LogP contribution >= 0.6 is 11.6 Å². The van der Waals surface area contributed by atoms with Gasteiger partial charge in [-0.05, 0) is 13.0 Å². The van der Waals surface area contributed by atoms with Gasteiger partial charge < -0.3 is 9.84 Å². The van der Waals surface area contributed by atoms with Crippen molar-refractivity contribution in [3.05, 3.63) is 33.1 Å². The van der Waals surface area contributed by atoms with Gasteiger partial charge >= 0.3 is 11.7 Å². The van der Waals surface area contributed by atoms with Gasteiger partial charge in [0.1, 0.15) is 0 Å². The Hall–Kier alpha value is -1.89. The number of carbonyl (C=O) groups is 1. The number of nitrogens with zero attached hydrogens (tertiary/aromatic N) is 1. The maximum atomic E-state index is 13.4. The number of carboxylic acid groups (broad SMARTS) is 1. The highest BCUT2D eigenvalue weighted by molar-refractivity contribution is 6.30. The number of aliphatic carboxylic acids is 1. The zero-order valence-corrected chi connectivity index (χ0v) is 9.27. The van der Waals surface area contributed by atoms with Crippen LogP contribution in [0.15, 0.2) is 12.1 Å². The minimum atomic E-state index is -1.41. The molecule has 0 saturated carbocycles. The van der Waals surface area contributed by atoms with Crippen LogP contribution in [-0.4, -0.2) is 22.1 Å². The highest BCUT2D eigenvalue weighted by Gasteiger charge is 2.25. The monoisotopic (exact) mass is 263 g/mol. The maximum Gasteiger partial charge on any atom is 0.344 e. The molecule has 0 amide bonds. The lowest BCUT2D eigenvalue weighted by Crippen LogP contribution is -2.23. The molecule has 0 aromatic heterocycles. The van der Waals surface area contributed by atoms with Gasteiger partial charge in [-0.2, -0.15) is 0 Å². The molecule has 0 heterocycles. The lowest BCUT2D eigenvalue weighted by molar-refractivity contribution is -0.386. The summed E-state index contributed by atoms with van der Waals surface area (Å²) in [6.45, 7) is 1.13. The molecule has 1 N–H and O–H groups in total. The zero-order valence-electron chi connectivity index (χ0n) is 8.52. The first-order valence-corrected chi connectivity index (χ1v) is 4.73. The fraction of sp³-hybridized carbons (Fsp3) is 0.222. The number of benzene rings is 1. The van der Waals surface area contributed by atoms with Crippen molar-refractivity contribution in [1.29, 1.82) is 0 Å². The highest BCUT2D eigenvalue weighted by atomic mass is 35.5. The Morgan fingerprint density at radius 3 is 2.71 bits per heavy atom. The van der Waals surface area contributed by atoms with E-state index in [9.17, 15) is 19.3 Å². The minimum Gasteiger partial charge on any atom is -0.479 e. The summed E-state index contributed by atoms with van der Waals surface area (Å²) in [7, 11) is 0. The van der Waals surface area contributed by atoms with Gasteiger partial charge in [0.2, 0.25) is 5.75 Å². The van der Waals surface area contributed by atoms with Crippen LogP contribution in [0.1, 0.15) is 6.92 Å². The molecule has 6 nitrogen and oxygen atoms in total. The van der Waals surface area contributed by atoms with E-state index < -0.39 is 34.3 Å². The number of hydrogen-bond acceptors (Lipinski definition) is 4. The van der Waals surface area contributed by atoms with Crippen molar-refractivity contribution < 1.29 is 24.0 Å². The van der Waals surface area contributed by atoms with Crippen molar-refractivity contribution in [3.8, 4) is 5.75 Å². The third-order valence-corrected chi connectivity index (χ3v) is 2.05. The summed E-state index contributed by atoms with van der Waals surface area (Å²) in [5.74, 6) is -3.19. The van der Waals surface area contributed by atoms with E-state index in [1.807, 2.05) is 0 Å². The Labute approximate surface area is 99.7 Å². The van der Waals surface area contributed by atoms with Crippen molar-refractivity contribution in [1.82, 2.24) is 0 Å². The number of nitro groups is 1. The molecule has 0 bridgehead atoms. The number of hydrogen-bond donors (Lipinski definition) is 1. The normalized spacial score (nSPS) is 11.9. The molecule has 0 radical (unpaired) electrons. The van der Waals surface area contributed by atoms with E-state index in [-0.39, 0.29) is 5.02 Å². The molecule has 0 aliphatic rings. The second kappa shape index (κ2) is 4.96. The summed E-state index contributed by atoms with van der Waals surface area (Å²) in [6, 6.07) is 1.69. The van der Waals surface area contributed by atoms with E-state index in [0.717, 1.165) is 19.1 Å². The van der Waals surface area contributed by atoms with E-state index >= 15 is 0 Å². The predicted molar refractivity (Wildman–Crippen MR) is 55.8 cm³/mol. The number of ether oxygens (including phenoxy) is 1. The van der Waals surface area contributed by atoms with Crippen LogP contribution in [0.4, 0.5) is 10.1 Å². The first kappa shape index (κ1) is 13.2. The molecular formula is C9H7ClFNO5. The van der Waals surface area contributed by atoms with Gasteiger partial charge in [0.15, 0.2) is 11.9 Å². The summed E-state index contributed by atoms with van der Waals surface area (Å²) >= 11 is 5.45. The van der Waals surface area contributed by atoms with E-state index in [2.05, 4.69) is 4.74 Å². The Morgan fingerprint density at radius 2 is 2.24 bits per heavy atom. The van der Waals surface area contributed by atoms with Crippen molar-refractivity contribution in [2.75, 3.05) is 0 Å². The Balaban J connectivity index is 3.21. The largest absolute Gasteiger partial charge is 0.479 e. The van der Waals surface area contributed by atoms with Crippen LogP contribution in [0.3, 0.4) is 0 Å². The Morgan fingerprint density at radius 1 is 1.65 bits per heavy atom. The second-order valence-electron chi connectivity index (χ2n) is 3.09. The quantitative estimate of drug-likeness (QED) is 0.664. The molecule has 1 rings (SSSR count). The van der Waals surface area contributed by atoms with Gasteiger partial charge in [-0.3, -0.25) is 10.1 Å². The fourth-order valence-corrected chi connectivity index (χ4v) is 1.23. The summed E-state index contributed by atoms with van der Waals surface area (Å²) < 4.78 is 18.1. The molecule has 8 heteroatoms. The maximum absolute atomic E-state index is 13.4. The first-order valence-electron chi connectivity index (χ1n) is 4.36. The van der Waals surface area contributed by atoms with Gasteiger partial charge in [0, 0.05) is 6.07 Å². The average molecular weight is 264 g/mol. The topological polar surface area (TPSA) is 89.7 Å².